The molecule has 0 radical (unpaired) electrons. The van der Waals surface area contributed by atoms with E-state index in [1.165, 1.54) is 0 Å². The second kappa shape index (κ2) is 7.79. The lowest BCUT2D eigenvalue weighted by Gasteiger charge is -2.36. The van der Waals surface area contributed by atoms with Gasteiger partial charge in [-0.3, -0.25) is 4.99 Å². The minimum absolute atomic E-state index is 0.497. The molecular formula is C17H28N6O. The van der Waals surface area contributed by atoms with Crippen molar-refractivity contribution in [2.45, 2.75) is 38.2 Å². The number of aliphatic hydroxyl groups is 1. The number of hydrogen-bond donors (Lipinski definition) is 2. The standard InChI is InChI=1S/C17H28N6O/c1-2-18-15(21-14-17(24)6-3-4-7-17)22-10-12-23(13-11-22)16-19-8-5-9-20-16/h5,8-9,24H,2-4,6-7,10-14H2,1H3,(H,18,21). The zero-order chi connectivity index (χ0) is 16.8. The molecule has 24 heavy (non-hydrogen) atoms. The quantitative estimate of drug-likeness (QED) is 0.629. The molecule has 7 heteroatoms. The normalized spacial score (nSPS) is 21.2. The van der Waals surface area contributed by atoms with Crippen LogP contribution in [0, 0.1) is 0 Å². The monoisotopic (exact) mass is 332 g/mol. The van der Waals surface area contributed by atoms with Crippen molar-refractivity contribution >= 4 is 11.9 Å². The molecule has 0 amide bonds. The van der Waals surface area contributed by atoms with Gasteiger partial charge in [-0.05, 0) is 25.8 Å². The largest absolute Gasteiger partial charge is 0.388 e. The Hall–Kier alpha value is -1.89. The smallest absolute Gasteiger partial charge is 0.225 e. The number of guanidine groups is 1. The van der Waals surface area contributed by atoms with Crippen LogP contribution < -0.4 is 10.2 Å². The molecule has 2 N–H and O–H groups in total. The lowest BCUT2D eigenvalue weighted by atomic mass is 10.0. The molecular weight excluding hydrogens is 304 g/mol. The molecule has 1 saturated carbocycles. The Morgan fingerprint density at radius 3 is 2.50 bits per heavy atom. The predicted molar refractivity (Wildman–Crippen MR) is 95.2 cm³/mol. The molecule has 1 aliphatic carbocycles. The van der Waals surface area contributed by atoms with E-state index in [0.717, 1.165) is 70.3 Å². The van der Waals surface area contributed by atoms with Gasteiger partial charge < -0.3 is 20.2 Å². The molecule has 1 aliphatic heterocycles. The van der Waals surface area contributed by atoms with Crippen molar-refractivity contribution in [1.29, 1.82) is 0 Å². The lowest BCUT2D eigenvalue weighted by molar-refractivity contribution is 0.0571. The molecule has 7 nitrogen and oxygen atoms in total. The van der Waals surface area contributed by atoms with Crippen LogP contribution in [0.2, 0.25) is 0 Å². The van der Waals surface area contributed by atoms with Crippen LogP contribution in [0.3, 0.4) is 0 Å². The zero-order valence-corrected chi connectivity index (χ0v) is 14.5. The van der Waals surface area contributed by atoms with E-state index in [0.29, 0.717) is 6.54 Å². The van der Waals surface area contributed by atoms with Gasteiger partial charge in [-0.15, -0.1) is 0 Å². The highest BCUT2D eigenvalue weighted by Gasteiger charge is 2.31. The van der Waals surface area contributed by atoms with Crippen LogP contribution in [0.15, 0.2) is 23.5 Å². The van der Waals surface area contributed by atoms with Gasteiger partial charge in [0.05, 0.1) is 12.1 Å². The maximum atomic E-state index is 10.5. The minimum atomic E-state index is -0.597. The van der Waals surface area contributed by atoms with Gasteiger partial charge in [0.25, 0.3) is 0 Å². The summed E-state index contributed by atoms with van der Waals surface area (Å²) >= 11 is 0. The summed E-state index contributed by atoms with van der Waals surface area (Å²) < 4.78 is 0. The number of aromatic nitrogens is 2. The van der Waals surface area contributed by atoms with E-state index in [2.05, 4.69) is 32.0 Å². The van der Waals surface area contributed by atoms with Gasteiger partial charge in [0.2, 0.25) is 5.95 Å². The maximum Gasteiger partial charge on any atom is 0.225 e. The van der Waals surface area contributed by atoms with Crippen molar-refractivity contribution in [3.05, 3.63) is 18.5 Å². The third-order valence-corrected chi connectivity index (χ3v) is 4.81. The molecule has 0 bridgehead atoms. The number of rotatable bonds is 4. The molecule has 2 aliphatic rings. The van der Waals surface area contributed by atoms with E-state index in [4.69, 9.17) is 4.99 Å². The highest BCUT2D eigenvalue weighted by molar-refractivity contribution is 5.80. The summed E-state index contributed by atoms with van der Waals surface area (Å²) in [5.74, 6) is 1.70. The van der Waals surface area contributed by atoms with Crippen molar-refractivity contribution in [3.8, 4) is 0 Å². The summed E-state index contributed by atoms with van der Waals surface area (Å²) in [6, 6.07) is 1.84. The van der Waals surface area contributed by atoms with Crippen molar-refractivity contribution in [3.63, 3.8) is 0 Å². The summed E-state index contributed by atoms with van der Waals surface area (Å²) in [5.41, 5.74) is -0.597. The summed E-state index contributed by atoms with van der Waals surface area (Å²) in [4.78, 5) is 17.8. The first-order valence-electron chi connectivity index (χ1n) is 8.98. The summed E-state index contributed by atoms with van der Waals surface area (Å²) in [6.07, 6.45) is 7.52. The van der Waals surface area contributed by atoms with Gasteiger partial charge in [-0.25, -0.2) is 9.97 Å². The topological polar surface area (TPSA) is 76.9 Å². The molecule has 0 unspecified atom stereocenters. The Morgan fingerprint density at radius 1 is 1.21 bits per heavy atom. The van der Waals surface area contributed by atoms with Gasteiger partial charge in [-0.1, -0.05) is 12.8 Å². The molecule has 1 saturated heterocycles. The van der Waals surface area contributed by atoms with E-state index in [1.54, 1.807) is 12.4 Å². The predicted octanol–water partition coefficient (Wildman–Crippen LogP) is 0.869. The first-order chi connectivity index (χ1) is 11.7. The highest BCUT2D eigenvalue weighted by Crippen LogP contribution is 2.29. The minimum Gasteiger partial charge on any atom is -0.388 e. The van der Waals surface area contributed by atoms with E-state index in [-0.39, 0.29) is 0 Å². The Bertz CT molecular complexity index is 535. The summed E-state index contributed by atoms with van der Waals surface area (Å²) in [7, 11) is 0. The number of aliphatic imine (C=N–C) groups is 1. The summed E-state index contributed by atoms with van der Waals surface area (Å²) in [5, 5.41) is 13.9. The number of piperazine rings is 1. The van der Waals surface area contributed by atoms with Crippen molar-refractivity contribution < 1.29 is 5.11 Å². The van der Waals surface area contributed by atoms with Gasteiger partial charge in [0.1, 0.15) is 0 Å². The third-order valence-electron chi connectivity index (χ3n) is 4.81. The van der Waals surface area contributed by atoms with Crippen LogP contribution in [-0.2, 0) is 0 Å². The fourth-order valence-electron chi connectivity index (χ4n) is 3.41. The van der Waals surface area contributed by atoms with Crippen molar-refractivity contribution in [2.24, 2.45) is 4.99 Å². The Labute approximate surface area is 143 Å². The van der Waals surface area contributed by atoms with Crippen LogP contribution in [-0.4, -0.2) is 70.8 Å². The van der Waals surface area contributed by atoms with E-state index in [1.807, 2.05) is 6.07 Å². The van der Waals surface area contributed by atoms with Crippen LogP contribution in [0.5, 0.6) is 0 Å². The van der Waals surface area contributed by atoms with Crippen LogP contribution in [0.25, 0.3) is 0 Å². The highest BCUT2D eigenvalue weighted by atomic mass is 16.3. The average Bonchev–Trinajstić information content (AvgIpc) is 3.06. The molecule has 2 fully saturated rings. The average molecular weight is 332 g/mol. The Morgan fingerprint density at radius 2 is 1.88 bits per heavy atom. The lowest BCUT2D eigenvalue weighted by Crippen LogP contribution is -2.53. The van der Waals surface area contributed by atoms with Gasteiger partial charge in [0.15, 0.2) is 5.96 Å². The molecule has 132 valence electrons. The van der Waals surface area contributed by atoms with Gasteiger partial charge in [-0.2, -0.15) is 0 Å². The SMILES string of the molecule is CCNC(=NCC1(O)CCCC1)N1CCN(c2ncccn2)CC1. The molecule has 2 heterocycles. The van der Waals surface area contributed by atoms with Crippen LogP contribution in [0.1, 0.15) is 32.6 Å². The summed E-state index contributed by atoms with van der Waals surface area (Å²) in [6.45, 7) is 6.91. The molecule has 3 rings (SSSR count). The molecule has 0 spiro atoms. The van der Waals surface area contributed by atoms with E-state index in [9.17, 15) is 5.11 Å². The van der Waals surface area contributed by atoms with Crippen molar-refractivity contribution in [2.75, 3.05) is 44.2 Å². The molecule has 0 atom stereocenters. The van der Waals surface area contributed by atoms with E-state index >= 15 is 0 Å². The second-order valence-electron chi connectivity index (χ2n) is 6.62. The van der Waals surface area contributed by atoms with Gasteiger partial charge >= 0.3 is 0 Å². The number of hydrogen-bond acceptors (Lipinski definition) is 5. The van der Waals surface area contributed by atoms with E-state index < -0.39 is 5.60 Å². The number of nitrogens with zero attached hydrogens (tertiary/aromatic N) is 5. The first-order valence-corrected chi connectivity index (χ1v) is 8.98. The van der Waals surface area contributed by atoms with Crippen LogP contribution in [0.4, 0.5) is 5.95 Å². The fraction of sp³-hybridized carbons (Fsp3) is 0.706. The third kappa shape index (κ3) is 4.14. The first kappa shape index (κ1) is 17.0. The number of anilines is 1. The number of nitrogens with one attached hydrogen (secondary N) is 1. The molecule has 1 aromatic rings. The zero-order valence-electron chi connectivity index (χ0n) is 14.5. The van der Waals surface area contributed by atoms with Crippen LogP contribution >= 0.6 is 0 Å². The molecule has 1 aromatic heterocycles. The fourth-order valence-corrected chi connectivity index (χ4v) is 3.41. The Kier molecular flexibility index (Phi) is 5.50. The second-order valence-corrected chi connectivity index (χ2v) is 6.62. The molecule has 0 aromatic carbocycles. The maximum absolute atomic E-state index is 10.5. The van der Waals surface area contributed by atoms with Gasteiger partial charge in [0, 0.05) is 45.1 Å². The Balaban J connectivity index is 1.59. The van der Waals surface area contributed by atoms with Crippen molar-refractivity contribution in [1.82, 2.24) is 20.2 Å².